The van der Waals surface area contributed by atoms with Crippen LogP contribution < -0.4 is 22.1 Å². The van der Waals surface area contributed by atoms with E-state index in [1.165, 1.54) is 25.7 Å². The van der Waals surface area contributed by atoms with Crippen LogP contribution in [-0.4, -0.2) is 35.2 Å². The van der Waals surface area contributed by atoms with Gasteiger partial charge in [0.1, 0.15) is 0 Å². The molecule has 0 amide bonds. The van der Waals surface area contributed by atoms with Gasteiger partial charge in [0.2, 0.25) is 0 Å². The first-order valence-electron chi connectivity index (χ1n) is 12.6. The van der Waals surface area contributed by atoms with Crippen LogP contribution in [0.2, 0.25) is 0 Å². The molecule has 2 unspecified atom stereocenters. The molecule has 0 saturated heterocycles. The molecule has 0 bridgehead atoms. The summed E-state index contributed by atoms with van der Waals surface area (Å²) in [5.41, 5.74) is 12.2. The van der Waals surface area contributed by atoms with Crippen molar-refractivity contribution in [2.45, 2.75) is 87.4 Å². The van der Waals surface area contributed by atoms with Crippen molar-refractivity contribution in [1.29, 1.82) is 0 Å². The molecule has 0 aromatic carbocycles. The highest BCUT2D eigenvalue weighted by atomic mass is 15.1. The second kappa shape index (κ2) is 10.9. The van der Waals surface area contributed by atoms with Gasteiger partial charge in [0, 0.05) is 0 Å². The molecule has 176 valence electrons. The number of hydrogen-bond acceptors (Lipinski definition) is 4. The molecular weight excluding hydrogens is 392 g/mol. The Morgan fingerprint density at radius 2 is 1.00 bits per heavy atom. The summed E-state index contributed by atoms with van der Waals surface area (Å²) in [4.78, 5) is 0. The Morgan fingerprint density at radius 1 is 0.594 bits per heavy atom. The molecule has 0 aliphatic heterocycles. The van der Waals surface area contributed by atoms with Gasteiger partial charge in [0.15, 0.2) is 0 Å². The maximum atomic E-state index is 7.09. The first-order chi connectivity index (χ1) is 15.4. The minimum Gasteiger partial charge on any atom is -0.317 e. The Labute approximate surface area is 195 Å². The molecular formula is C28H44N4. The highest BCUT2D eigenvalue weighted by molar-refractivity contribution is 5.47. The fourth-order valence-corrected chi connectivity index (χ4v) is 5.08. The minimum absolute atomic E-state index is 0.339. The Hall–Kier alpha value is -1.72. The third kappa shape index (κ3) is 5.09. The fourth-order valence-electron chi connectivity index (χ4n) is 5.08. The summed E-state index contributed by atoms with van der Waals surface area (Å²) in [5, 5.41) is 7.60. The zero-order valence-electron chi connectivity index (χ0n) is 20.2. The van der Waals surface area contributed by atoms with Crippen molar-refractivity contribution in [3.63, 3.8) is 0 Å². The van der Waals surface area contributed by atoms with Gasteiger partial charge in [-0.1, -0.05) is 112 Å². The fraction of sp³-hybridized carbons (Fsp3) is 0.571. The quantitative estimate of drug-likeness (QED) is 0.267. The van der Waals surface area contributed by atoms with Crippen molar-refractivity contribution in [2.75, 3.05) is 13.1 Å². The molecule has 0 spiro atoms. The molecule has 3 aliphatic rings. The molecule has 0 heterocycles. The molecule has 32 heavy (non-hydrogen) atoms. The van der Waals surface area contributed by atoms with Gasteiger partial charge >= 0.3 is 0 Å². The number of rotatable bonds is 12. The highest BCUT2D eigenvalue weighted by Gasteiger charge is 2.50. The number of hydrogen-bond donors (Lipinski definition) is 4. The third-order valence-corrected chi connectivity index (χ3v) is 7.39. The van der Waals surface area contributed by atoms with Gasteiger partial charge in [0.25, 0.3) is 0 Å². The van der Waals surface area contributed by atoms with E-state index in [1.807, 2.05) is 0 Å². The predicted molar refractivity (Wildman–Crippen MR) is 138 cm³/mol. The van der Waals surface area contributed by atoms with Crippen molar-refractivity contribution in [3.05, 3.63) is 72.9 Å². The van der Waals surface area contributed by atoms with Crippen LogP contribution in [0.5, 0.6) is 0 Å². The average molecular weight is 437 g/mol. The number of unbranched alkanes of at least 4 members (excludes halogenated alkanes) is 4. The van der Waals surface area contributed by atoms with Crippen LogP contribution in [0.25, 0.3) is 0 Å². The lowest BCUT2D eigenvalue weighted by molar-refractivity contribution is 0.277. The van der Waals surface area contributed by atoms with Crippen LogP contribution >= 0.6 is 0 Å². The summed E-state index contributed by atoms with van der Waals surface area (Å²) in [5.74, 6) is 0. The molecule has 3 rings (SSSR count). The van der Waals surface area contributed by atoms with E-state index in [0.29, 0.717) is 0 Å². The molecule has 0 aromatic heterocycles. The van der Waals surface area contributed by atoms with E-state index in [9.17, 15) is 0 Å². The Kier molecular flexibility index (Phi) is 8.51. The lowest BCUT2D eigenvalue weighted by Gasteiger charge is -2.51. The largest absolute Gasteiger partial charge is 0.317 e. The monoisotopic (exact) mass is 436 g/mol. The molecule has 6 N–H and O–H groups in total. The van der Waals surface area contributed by atoms with Crippen LogP contribution in [0.4, 0.5) is 0 Å². The molecule has 0 saturated carbocycles. The van der Waals surface area contributed by atoms with Gasteiger partial charge in [-0.3, -0.25) is 0 Å². The minimum atomic E-state index is -0.638. The summed E-state index contributed by atoms with van der Waals surface area (Å²) in [6.07, 6.45) is 34.8. The zero-order valence-corrected chi connectivity index (χ0v) is 20.2. The Bertz CT molecular complexity index is 709. The average Bonchev–Trinajstić information content (AvgIpc) is 2.83. The van der Waals surface area contributed by atoms with Crippen LogP contribution in [0, 0.1) is 0 Å². The molecule has 3 aliphatic carbocycles. The van der Waals surface area contributed by atoms with Crippen molar-refractivity contribution in [3.8, 4) is 0 Å². The van der Waals surface area contributed by atoms with Crippen LogP contribution in [0.1, 0.15) is 65.2 Å². The van der Waals surface area contributed by atoms with Gasteiger partial charge in [0.05, 0.1) is 22.2 Å². The molecule has 0 aromatic rings. The standard InChI is InChI=1S/C28H44N4/c1-3-5-13-23-31-27(15-9-7-10-16-27)25(29)19-21-26(30,22-20-25)28(17-11-8-12-18-28)32-24-14-6-4-2/h7-12,15,17,19-22,31-32H,3-6,13-14,16,18,23-24,29-30H2,1-2H3. The number of allylic oxidation sites excluding steroid dienone is 4. The van der Waals surface area contributed by atoms with Gasteiger partial charge < -0.3 is 22.1 Å². The van der Waals surface area contributed by atoms with E-state index in [-0.39, 0.29) is 11.1 Å². The van der Waals surface area contributed by atoms with Crippen molar-refractivity contribution in [2.24, 2.45) is 11.5 Å². The summed E-state index contributed by atoms with van der Waals surface area (Å²) < 4.78 is 0. The highest BCUT2D eigenvalue weighted by Crippen LogP contribution is 2.39. The van der Waals surface area contributed by atoms with E-state index in [2.05, 4.69) is 97.4 Å². The number of nitrogens with one attached hydrogen (secondary N) is 2. The topological polar surface area (TPSA) is 76.1 Å². The normalized spacial score (nSPS) is 35.6. The van der Waals surface area contributed by atoms with Crippen LogP contribution in [-0.2, 0) is 0 Å². The van der Waals surface area contributed by atoms with Gasteiger partial charge in [-0.15, -0.1) is 0 Å². The zero-order chi connectivity index (χ0) is 23.0. The van der Waals surface area contributed by atoms with Crippen LogP contribution in [0.15, 0.2) is 72.9 Å². The SMILES string of the molecule is CCCCCNC1(C2(N)C=CC(N)(C3(NCCCCC)C=CC=CC3)C=C2)C=CC=CC1. The maximum absolute atomic E-state index is 7.09. The predicted octanol–water partition coefficient (Wildman–Crippen LogP) is 4.58. The molecule has 0 radical (unpaired) electrons. The number of nitrogens with two attached hydrogens (primary N) is 2. The summed E-state index contributed by atoms with van der Waals surface area (Å²) in [7, 11) is 0. The van der Waals surface area contributed by atoms with E-state index in [1.54, 1.807) is 0 Å². The summed E-state index contributed by atoms with van der Waals surface area (Å²) in [6.45, 7) is 6.38. The van der Waals surface area contributed by atoms with Crippen molar-refractivity contribution < 1.29 is 0 Å². The smallest absolute Gasteiger partial charge is 0.0751 e. The first kappa shape index (κ1) is 24.9. The van der Waals surface area contributed by atoms with Crippen LogP contribution in [0.3, 0.4) is 0 Å². The lowest BCUT2D eigenvalue weighted by atomic mass is 9.65. The van der Waals surface area contributed by atoms with Gasteiger partial charge in [-0.2, -0.15) is 0 Å². The first-order valence-corrected chi connectivity index (χ1v) is 12.6. The molecule has 0 fully saturated rings. The summed E-state index contributed by atoms with van der Waals surface area (Å²) >= 11 is 0. The summed E-state index contributed by atoms with van der Waals surface area (Å²) in [6, 6.07) is 0. The maximum Gasteiger partial charge on any atom is 0.0751 e. The Morgan fingerprint density at radius 3 is 1.31 bits per heavy atom. The molecule has 4 nitrogen and oxygen atoms in total. The van der Waals surface area contributed by atoms with E-state index in [4.69, 9.17) is 11.5 Å². The second-order valence-electron chi connectivity index (χ2n) is 9.73. The Balaban J connectivity index is 1.82. The van der Waals surface area contributed by atoms with Gasteiger partial charge in [-0.05, 0) is 38.8 Å². The molecule has 2 atom stereocenters. The second-order valence-corrected chi connectivity index (χ2v) is 9.73. The molecule has 4 heteroatoms. The van der Waals surface area contributed by atoms with Crippen molar-refractivity contribution >= 4 is 0 Å². The van der Waals surface area contributed by atoms with E-state index < -0.39 is 11.1 Å². The van der Waals surface area contributed by atoms with Crippen molar-refractivity contribution in [1.82, 2.24) is 10.6 Å². The third-order valence-electron chi connectivity index (χ3n) is 7.39. The van der Waals surface area contributed by atoms with Gasteiger partial charge in [-0.25, -0.2) is 0 Å². The lowest BCUT2D eigenvalue weighted by Crippen LogP contribution is -2.70. The van der Waals surface area contributed by atoms with E-state index in [0.717, 1.165) is 38.8 Å². The van der Waals surface area contributed by atoms with E-state index >= 15 is 0 Å².